The standard InChI is InChI=1S/C11H18N2/c1-3-4-5-7-10(2)11-8-6-9-12-13-11/h6,8-10H,3-5,7H2,1-2H3. The number of hydrogen-bond acceptors (Lipinski definition) is 2. The zero-order valence-electron chi connectivity index (χ0n) is 8.53. The molecule has 1 rings (SSSR count). The van der Waals surface area contributed by atoms with Crippen molar-refractivity contribution in [2.45, 2.75) is 45.4 Å². The van der Waals surface area contributed by atoms with Crippen molar-refractivity contribution < 1.29 is 0 Å². The van der Waals surface area contributed by atoms with Crippen molar-refractivity contribution >= 4 is 0 Å². The molecule has 0 aliphatic carbocycles. The van der Waals surface area contributed by atoms with Crippen molar-refractivity contribution in [1.82, 2.24) is 10.2 Å². The van der Waals surface area contributed by atoms with Gasteiger partial charge in [0.05, 0.1) is 5.69 Å². The molecule has 0 aromatic carbocycles. The Balaban J connectivity index is 2.35. The monoisotopic (exact) mass is 178 g/mol. The molecule has 0 spiro atoms. The second-order valence-corrected chi connectivity index (χ2v) is 3.55. The summed E-state index contributed by atoms with van der Waals surface area (Å²) in [6.07, 6.45) is 6.86. The van der Waals surface area contributed by atoms with Crippen LogP contribution in [0.5, 0.6) is 0 Å². The van der Waals surface area contributed by atoms with Crippen LogP contribution >= 0.6 is 0 Å². The van der Waals surface area contributed by atoms with E-state index in [2.05, 4.69) is 30.1 Å². The van der Waals surface area contributed by atoms with Gasteiger partial charge in [0.25, 0.3) is 0 Å². The maximum atomic E-state index is 4.11. The van der Waals surface area contributed by atoms with Crippen LogP contribution in [-0.2, 0) is 0 Å². The molecule has 2 nitrogen and oxygen atoms in total. The van der Waals surface area contributed by atoms with Gasteiger partial charge in [-0.15, -0.1) is 0 Å². The van der Waals surface area contributed by atoms with Gasteiger partial charge in [-0.25, -0.2) is 0 Å². The van der Waals surface area contributed by atoms with Crippen LogP contribution in [0.25, 0.3) is 0 Å². The third kappa shape index (κ3) is 3.53. The fraction of sp³-hybridized carbons (Fsp3) is 0.636. The van der Waals surface area contributed by atoms with Gasteiger partial charge in [-0.1, -0.05) is 33.1 Å². The van der Waals surface area contributed by atoms with E-state index < -0.39 is 0 Å². The first-order chi connectivity index (χ1) is 6.34. The smallest absolute Gasteiger partial charge is 0.0659 e. The molecule has 1 heterocycles. The summed E-state index contributed by atoms with van der Waals surface area (Å²) in [5, 5.41) is 7.99. The molecule has 0 fully saturated rings. The highest BCUT2D eigenvalue weighted by molar-refractivity contribution is 5.04. The Morgan fingerprint density at radius 2 is 2.23 bits per heavy atom. The summed E-state index contributed by atoms with van der Waals surface area (Å²) in [7, 11) is 0. The van der Waals surface area contributed by atoms with Crippen LogP contribution in [0.2, 0.25) is 0 Å². The van der Waals surface area contributed by atoms with Crippen LogP contribution in [0, 0.1) is 0 Å². The number of rotatable bonds is 5. The topological polar surface area (TPSA) is 25.8 Å². The van der Waals surface area contributed by atoms with Gasteiger partial charge in [-0.2, -0.15) is 10.2 Å². The quantitative estimate of drug-likeness (QED) is 0.647. The van der Waals surface area contributed by atoms with Gasteiger partial charge in [0.1, 0.15) is 0 Å². The fourth-order valence-corrected chi connectivity index (χ4v) is 1.42. The first-order valence-electron chi connectivity index (χ1n) is 5.12. The molecule has 1 aromatic rings. The molecule has 1 atom stereocenters. The van der Waals surface area contributed by atoms with Crippen LogP contribution < -0.4 is 0 Å². The summed E-state index contributed by atoms with van der Waals surface area (Å²) in [5.41, 5.74) is 1.12. The van der Waals surface area contributed by atoms with E-state index in [1.165, 1.54) is 25.7 Å². The fourth-order valence-electron chi connectivity index (χ4n) is 1.42. The second-order valence-electron chi connectivity index (χ2n) is 3.55. The Morgan fingerprint density at radius 3 is 2.85 bits per heavy atom. The van der Waals surface area contributed by atoms with E-state index in [1.807, 2.05) is 6.07 Å². The highest BCUT2D eigenvalue weighted by Crippen LogP contribution is 2.18. The number of unbranched alkanes of at least 4 members (excludes halogenated alkanes) is 2. The van der Waals surface area contributed by atoms with Crippen LogP contribution in [0.1, 0.15) is 51.1 Å². The van der Waals surface area contributed by atoms with E-state index in [-0.39, 0.29) is 0 Å². The average Bonchev–Trinajstić information content (AvgIpc) is 2.19. The van der Waals surface area contributed by atoms with E-state index in [0.29, 0.717) is 5.92 Å². The molecule has 0 saturated carbocycles. The third-order valence-electron chi connectivity index (χ3n) is 2.34. The van der Waals surface area contributed by atoms with Gasteiger partial charge in [0.2, 0.25) is 0 Å². The molecule has 0 radical (unpaired) electrons. The van der Waals surface area contributed by atoms with Crippen molar-refractivity contribution in [3.05, 3.63) is 24.0 Å². The average molecular weight is 178 g/mol. The van der Waals surface area contributed by atoms with E-state index in [4.69, 9.17) is 0 Å². The van der Waals surface area contributed by atoms with Gasteiger partial charge in [-0.05, 0) is 18.6 Å². The molecule has 0 bridgehead atoms. The molecule has 0 aliphatic heterocycles. The van der Waals surface area contributed by atoms with E-state index in [9.17, 15) is 0 Å². The Morgan fingerprint density at radius 1 is 1.38 bits per heavy atom. The number of hydrogen-bond donors (Lipinski definition) is 0. The summed E-state index contributed by atoms with van der Waals surface area (Å²) in [4.78, 5) is 0. The maximum absolute atomic E-state index is 4.11. The minimum atomic E-state index is 0.556. The number of aromatic nitrogens is 2. The van der Waals surface area contributed by atoms with Crippen LogP contribution in [0.4, 0.5) is 0 Å². The van der Waals surface area contributed by atoms with Crippen LogP contribution in [0.15, 0.2) is 18.3 Å². The molecule has 0 saturated heterocycles. The van der Waals surface area contributed by atoms with Crippen molar-refractivity contribution in [2.24, 2.45) is 0 Å². The summed E-state index contributed by atoms with van der Waals surface area (Å²) >= 11 is 0. The van der Waals surface area contributed by atoms with E-state index in [1.54, 1.807) is 6.20 Å². The second kappa shape index (κ2) is 5.68. The molecule has 72 valence electrons. The van der Waals surface area contributed by atoms with E-state index >= 15 is 0 Å². The lowest BCUT2D eigenvalue weighted by atomic mass is 10.00. The summed E-state index contributed by atoms with van der Waals surface area (Å²) in [6, 6.07) is 4.02. The van der Waals surface area contributed by atoms with Crippen molar-refractivity contribution in [2.75, 3.05) is 0 Å². The predicted molar refractivity (Wildman–Crippen MR) is 54.6 cm³/mol. The predicted octanol–water partition coefficient (Wildman–Crippen LogP) is 3.16. The number of nitrogens with zero attached hydrogens (tertiary/aromatic N) is 2. The summed E-state index contributed by atoms with van der Waals surface area (Å²) in [5.74, 6) is 0.556. The SMILES string of the molecule is CCCCCC(C)c1cccnn1. The van der Waals surface area contributed by atoms with Crippen molar-refractivity contribution in [1.29, 1.82) is 0 Å². The third-order valence-corrected chi connectivity index (χ3v) is 2.34. The summed E-state index contributed by atoms with van der Waals surface area (Å²) in [6.45, 7) is 4.45. The molecule has 1 aromatic heterocycles. The Kier molecular flexibility index (Phi) is 4.44. The first kappa shape index (κ1) is 10.2. The zero-order chi connectivity index (χ0) is 9.52. The lowest BCUT2D eigenvalue weighted by Gasteiger charge is -2.08. The first-order valence-corrected chi connectivity index (χ1v) is 5.12. The van der Waals surface area contributed by atoms with Crippen molar-refractivity contribution in [3.8, 4) is 0 Å². The lowest BCUT2D eigenvalue weighted by molar-refractivity contribution is 0.582. The van der Waals surface area contributed by atoms with Crippen molar-refractivity contribution in [3.63, 3.8) is 0 Å². The normalized spacial score (nSPS) is 12.8. The summed E-state index contributed by atoms with van der Waals surface area (Å²) < 4.78 is 0. The zero-order valence-corrected chi connectivity index (χ0v) is 8.53. The molecule has 1 unspecified atom stereocenters. The molecule has 0 amide bonds. The van der Waals surface area contributed by atoms with Gasteiger partial charge in [-0.3, -0.25) is 0 Å². The minimum absolute atomic E-state index is 0.556. The highest BCUT2D eigenvalue weighted by atomic mass is 15.1. The van der Waals surface area contributed by atoms with Gasteiger partial charge < -0.3 is 0 Å². The maximum Gasteiger partial charge on any atom is 0.0659 e. The molecular formula is C11H18N2. The van der Waals surface area contributed by atoms with E-state index in [0.717, 1.165) is 5.69 Å². The van der Waals surface area contributed by atoms with Gasteiger partial charge in [0, 0.05) is 12.1 Å². The van der Waals surface area contributed by atoms with Crippen LogP contribution in [0.3, 0.4) is 0 Å². The molecule has 13 heavy (non-hydrogen) atoms. The molecule has 0 aliphatic rings. The van der Waals surface area contributed by atoms with Gasteiger partial charge >= 0.3 is 0 Å². The highest BCUT2D eigenvalue weighted by Gasteiger charge is 2.05. The Bertz CT molecular complexity index is 221. The van der Waals surface area contributed by atoms with Crippen LogP contribution in [-0.4, -0.2) is 10.2 Å². The molecule has 0 N–H and O–H groups in total. The molecular weight excluding hydrogens is 160 g/mol. The Hall–Kier alpha value is -0.920. The Labute approximate surface area is 80.4 Å². The molecule has 2 heteroatoms. The largest absolute Gasteiger partial charge is 0.159 e. The minimum Gasteiger partial charge on any atom is -0.159 e. The lowest BCUT2D eigenvalue weighted by Crippen LogP contribution is -1.97. The van der Waals surface area contributed by atoms with Gasteiger partial charge in [0.15, 0.2) is 0 Å².